The van der Waals surface area contributed by atoms with Crippen molar-refractivity contribution >= 4 is 8.32 Å². The molecule has 2 aliphatic carbocycles. The molecule has 1 nitrogen and oxygen atoms in total. The SMILES string of the molecule is CC(C)C12CC[C@@H](C)CC1(O[Si](C)(C)C)C2. The van der Waals surface area contributed by atoms with Crippen LogP contribution >= 0.6 is 0 Å². The van der Waals surface area contributed by atoms with Crippen LogP contribution in [0.1, 0.15) is 46.5 Å². The molecule has 2 fully saturated rings. The van der Waals surface area contributed by atoms with E-state index in [2.05, 4.69) is 40.4 Å². The van der Waals surface area contributed by atoms with Gasteiger partial charge in [-0.25, -0.2) is 0 Å². The normalized spacial score (nSPS) is 43.3. The van der Waals surface area contributed by atoms with Gasteiger partial charge in [0.15, 0.2) is 8.32 Å². The van der Waals surface area contributed by atoms with E-state index in [1.165, 1.54) is 25.7 Å². The fourth-order valence-corrected chi connectivity index (χ4v) is 5.54. The van der Waals surface area contributed by atoms with E-state index in [1.807, 2.05) is 0 Å². The van der Waals surface area contributed by atoms with Crippen LogP contribution in [0, 0.1) is 17.3 Å². The van der Waals surface area contributed by atoms with Crippen molar-refractivity contribution in [3.63, 3.8) is 0 Å². The highest BCUT2D eigenvalue weighted by atomic mass is 28.4. The van der Waals surface area contributed by atoms with E-state index in [-0.39, 0.29) is 5.60 Å². The standard InChI is InChI=1S/C14H28OSi/c1-11(2)13-8-7-12(3)9-14(13,10-13)15-16(4,5)6/h11-12H,7-10H2,1-6H3/t12-,13?,14?/m1/s1. The van der Waals surface area contributed by atoms with Gasteiger partial charge >= 0.3 is 0 Å². The molecule has 0 N–H and O–H groups in total. The first kappa shape index (κ1) is 12.6. The van der Waals surface area contributed by atoms with Crippen molar-refractivity contribution in [2.45, 2.75) is 71.7 Å². The lowest BCUT2D eigenvalue weighted by Crippen LogP contribution is -2.41. The van der Waals surface area contributed by atoms with E-state index >= 15 is 0 Å². The van der Waals surface area contributed by atoms with E-state index in [9.17, 15) is 0 Å². The molecule has 16 heavy (non-hydrogen) atoms. The van der Waals surface area contributed by atoms with E-state index in [0.29, 0.717) is 5.41 Å². The van der Waals surface area contributed by atoms with Crippen LogP contribution in [0.25, 0.3) is 0 Å². The molecule has 2 saturated carbocycles. The molecule has 0 aromatic carbocycles. The van der Waals surface area contributed by atoms with Crippen molar-refractivity contribution < 1.29 is 4.43 Å². The second kappa shape index (κ2) is 3.58. The smallest absolute Gasteiger partial charge is 0.184 e. The molecule has 0 aliphatic heterocycles. The molecule has 94 valence electrons. The van der Waals surface area contributed by atoms with Gasteiger partial charge in [-0.15, -0.1) is 0 Å². The lowest BCUT2D eigenvalue weighted by Gasteiger charge is -2.39. The van der Waals surface area contributed by atoms with Crippen molar-refractivity contribution in [3.8, 4) is 0 Å². The van der Waals surface area contributed by atoms with Gasteiger partial charge in [-0.3, -0.25) is 0 Å². The van der Waals surface area contributed by atoms with Crippen LogP contribution < -0.4 is 0 Å². The molecule has 0 aromatic heterocycles. The van der Waals surface area contributed by atoms with Gasteiger partial charge in [0, 0.05) is 5.41 Å². The van der Waals surface area contributed by atoms with Gasteiger partial charge in [-0.1, -0.05) is 20.8 Å². The minimum atomic E-state index is -1.40. The van der Waals surface area contributed by atoms with Gasteiger partial charge in [0.1, 0.15) is 0 Å². The average Bonchev–Trinajstić information content (AvgIpc) is 2.69. The molecule has 0 spiro atoms. The molecule has 0 heterocycles. The first-order valence-corrected chi connectivity index (χ1v) is 10.3. The van der Waals surface area contributed by atoms with Crippen LogP contribution in [0.15, 0.2) is 0 Å². The summed E-state index contributed by atoms with van der Waals surface area (Å²) in [7, 11) is -1.40. The lowest BCUT2D eigenvalue weighted by molar-refractivity contribution is 0.0381. The van der Waals surface area contributed by atoms with E-state index < -0.39 is 8.32 Å². The van der Waals surface area contributed by atoms with E-state index in [0.717, 1.165) is 11.8 Å². The molecule has 2 unspecified atom stereocenters. The molecule has 2 rings (SSSR count). The van der Waals surface area contributed by atoms with Crippen molar-refractivity contribution in [2.24, 2.45) is 17.3 Å². The minimum absolute atomic E-state index is 0.281. The molecule has 0 amide bonds. The zero-order valence-electron chi connectivity index (χ0n) is 11.9. The predicted molar refractivity (Wildman–Crippen MR) is 72.1 cm³/mol. The Morgan fingerprint density at radius 2 is 1.88 bits per heavy atom. The van der Waals surface area contributed by atoms with Crippen molar-refractivity contribution in [3.05, 3.63) is 0 Å². The molecule has 0 saturated heterocycles. The second-order valence-electron chi connectivity index (χ2n) is 7.54. The van der Waals surface area contributed by atoms with Gasteiger partial charge in [0.2, 0.25) is 0 Å². The summed E-state index contributed by atoms with van der Waals surface area (Å²) < 4.78 is 6.61. The number of fused-ring (bicyclic) bond motifs is 1. The highest BCUT2D eigenvalue weighted by molar-refractivity contribution is 6.69. The monoisotopic (exact) mass is 240 g/mol. The maximum Gasteiger partial charge on any atom is 0.184 e. The van der Waals surface area contributed by atoms with Crippen LogP contribution in [-0.4, -0.2) is 13.9 Å². The topological polar surface area (TPSA) is 9.23 Å². The maximum absolute atomic E-state index is 6.61. The summed E-state index contributed by atoms with van der Waals surface area (Å²) >= 11 is 0. The van der Waals surface area contributed by atoms with Crippen LogP contribution in [0.4, 0.5) is 0 Å². The van der Waals surface area contributed by atoms with Crippen LogP contribution in [0.3, 0.4) is 0 Å². The summed E-state index contributed by atoms with van der Waals surface area (Å²) in [5, 5.41) is 0. The quantitative estimate of drug-likeness (QED) is 0.663. The third kappa shape index (κ3) is 1.88. The number of hydrogen-bond donors (Lipinski definition) is 0. The highest BCUT2D eigenvalue weighted by Gasteiger charge is 2.71. The molecule has 2 heteroatoms. The zero-order chi connectivity index (χ0) is 12.2. The second-order valence-corrected chi connectivity index (χ2v) is 12.0. The van der Waals surface area contributed by atoms with Gasteiger partial charge in [-0.05, 0) is 57.2 Å². The molecule has 2 aliphatic rings. The Hall–Kier alpha value is 0.177. The Morgan fingerprint density at radius 3 is 2.38 bits per heavy atom. The summed E-state index contributed by atoms with van der Waals surface area (Å²) in [6, 6.07) is 0. The van der Waals surface area contributed by atoms with Crippen LogP contribution in [0.2, 0.25) is 19.6 Å². The largest absolute Gasteiger partial charge is 0.412 e. The maximum atomic E-state index is 6.61. The van der Waals surface area contributed by atoms with Gasteiger partial charge in [-0.2, -0.15) is 0 Å². The third-order valence-corrected chi connectivity index (χ3v) is 5.75. The average molecular weight is 240 g/mol. The van der Waals surface area contributed by atoms with Gasteiger partial charge in [0.25, 0.3) is 0 Å². The first-order chi connectivity index (χ1) is 7.21. The predicted octanol–water partition coefficient (Wildman–Crippen LogP) is 4.44. The lowest BCUT2D eigenvalue weighted by atomic mass is 9.75. The Morgan fingerprint density at radius 1 is 1.25 bits per heavy atom. The molecule has 0 radical (unpaired) electrons. The Balaban J connectivity index is 2.18. The van der Waals surface area contributed by atoms with Gasteiger partial charge in [0.05, 0.1) is 5.60 Å². The molecular weight excluding hydrogens is 212 g/mol. The Kier molecular flexibility index (Phi) is 2.83. The molecular formula is C14H28OSi. The van der Waals surface area contributed by atoms with Crippen molar-refractivity contribution in [2.75, 3.05) is 0 Å². The summed E-state index contributed by atoms with van der Waals surface area (Å²) in [5.74, 6) is 1.65. The van der Waals surface area contributed by atoms with E-state index in [4.69, 9.17) is 4.43 Å². The minimum Gasteiger partial charge on any atom is -0.412 e. The van der Waals surface area contributed by atoms with E-state index in [1.54, 1.807) is 0 Å². The Bertz CT molecular complexity index is 281. The Labute approximate surface area is 102 Å². The zero-order valence-corrected chi connectivity index (χ0v) is 12.9. The molecule has 0 aromatic rings. The van der Waals surface area contributed by atoms with Crippen LogP contribution in [-0.2, 0) is 4.43 Å². The highest BCUT2D eigenvalue weighted by Crippen LogP contribution is 2.71. The van der Waals surface area contributed by atoms with Gasteiger partial charge < -0.3 is 4.43 Å². The summed E-state index contributed by atoms with van der Waals surface area (Å²) in [5.41, 5.74) is 0.823. The van der Waals surface area contributed by atoms with Crippen molar-refractivity contribution in [1.29, 1.82) is 0 Å². The fourth-order valence-electron chi connectivity index (χ4n) is 4.01. The number of hydrogen-bond acceptors (Lipinski definition) is 1. The number of rotatable bonds is 3. The summed E-state index contributed by atoms with van der Waals surface area (Å²) in [4.78, 5) is 0. The third-order valence-electron chi connectivity index (χ3n) is 4.75. The summed E-state index contributed by atoms with van der Waals surface area (Å²) in [6.45, 7) is 14.2. The summed E-state index contributed by atoms with van der Waals surface area (Å²) in [6.07, 6.45) is 5.47. The fraction of sp³-hybridized carbons (Fsp3) is 1.00. The molecule has 0 bridgehead atoms. The van der Waals surface area contributed by atoms with Crippen molar-refractivity contribution in [1.82, 2.24) is 0 Å². The van der Waals surface area contributed by atoms with Crippen LogP contribution in [0.5, 0.6) is 0 Å². The first-order valence-electron chi connectivity index (χ1n) is 6.91. The molecule has 3 atom stereocenters.